The molecule has 6 nitrogen and oxygen atoms in total. The van der Waals surface area contributed by atoms with Gasteiger partial charge in [-0.15, -0.1) is 0 Å². The maximum absolute atomic E-state index is 12.0. The van der Waals surface area contributed by atoms with E-state index in [1.54, 1.807) is 24.5 Å². The van der Waals surface area contributed by atoms with Crippen molar-refractivity contribution in [1.82, 2.24) is 15.2 Å². The van der Waals surface area contributed by atoms with E-state index >= 15 is 0 Å². The molecular formula is C12H15N5O. The van der Waals surface area contributed by atoms with Crippen LogP contribution in [0, 0.1) is 6.92 Å². The fourth-order valence-corrected chi connectivity index (χ4v) is 1.46. The molecule has 0 saturated carbocycles. The van der Waals surface area contributed by atoms with Crippen molar-refractivity contribution < 1.29 is 4.79 Å². The van der Waals surface area contributed by atoms with E-state index in [4.69, 9.17) is 0 Å². The number of aryl methyl sites for hydroxylation is 1. The molecule has 0 radical (unpaired) electrons. The van der Waals surface area contributed by atoms with Gasteiger partial charge in [0.05, 0.1) is 6.20 Å². The first-order valence-corrected chi connectivity index (χ1v) is 5.52. The molecular weight excluding hydrogens is 230 g/mol. The van der Waals surface area contributed by atoms with Crippen LogP contribution in [-0.4, -0.2) is 35.2 Å². The van der Waals surface area contributed by atoms with Crippen LogP contribution in [0.4, 0.5) is 11.6 Å². The van der Waals surface area contributed by atoms with Crippen LogP contribution < -0.4 is 10.2 Å². The molecule has 0 aliphatic rings. The number of carbonyl (C=O) groups excluding carboxylic acids is 1. The van der Waals surface area contributed by atoms with Gasteiger partial charge in [0.1, 0.15) is 11.6 Å². The molecule has 0 aromatic carbocycles. The smallest absolute Gasteiger partial charge is 0.256 e. The summed E-state index contributed by atoms with van der Waals surface area (Å²) in [5.41, 5.74) is 1.45. The number of rotatable bonds is 3. The van der Waals surface area contributed by atoms with Gasteiger partial charge in [-0.25, -0.2) is 4.98 Å². The lowest BCUT2D eigenvalue weighted by atomic mass is 10.2. The van der Waals surface area contributed by atoms with Crippen molar-refractivity contribution >= 4 is 17.5 Å². The molecule has 2 aromatic rings. The van der Waals surface area contributed by atoms with Crippen molar-refractivity contribution in [3.8, 4) is 0 Å². The van der Waals surface area contributed by atoms with Crippen LogP contribution >= 0.6 is 0 Å². The number of nitrogens with zero attached hydrogens (tertiary/aromatic N) is 3. The summed E-state index contributed by atoms with van der Waals surface area (Å²) in [6, 6.07) is 3.41. The van der Waals surface area contributed by atoms with Crippen LogP contribution in [0.15, 0.2) is 24.5 Å². The topological polar surface area (TPSA) is 73.9 Å². The summed E-state index contributed by atoms with van der Waals surface area (Å²) in [6.45, 7) is 1.87. The van der Waals surface area contributed by atoms with E-state index in [1.165, 1.54) is 0 Å². The molecule has 0 spiro atoms. The number of H-pyrrole nitrogens is 1. The number of aromatic amines is 1. The highest BCUT2D eigenvalue weighted by Gasteiger charge is 2.10. The zero-order valence-electron chi connectivity index (χ0n) is 10.6. The van der Waals surface area contributed by atoms with Gasteiger partial charge in [0.2, 0.25) is 0 Å². The van der Waals surface area contributed by atoms with E-state index < -0.39 is 0 Å². The molecule has 0 fully saturated rings. The van der Waals surface area contributed by atoms with Gasteiger partial charge in [-0.05, 0) is 19.1 Å². The summed E-state index contributed by atoms with van der Waals surface area (Å²) >= 11 is 0. The number of aromatic nitrogens is 3. The maximum Gasteiger partial charge on any atom is 0.256 e. The van der Waals surface area contributed by atoms with E-state index in [1.807, 2.05) is 25.9 Å². The van der Waals surface area contributed by atoms with Crippen LogP contribution in [0.3, 0.4) is 0 Å². The van der Waals surface area contributed by atoms with Crippen LogP contribution in [0.25, 0.3) is 0 Å². The zero-order chi connectivity index (χ0) is 13.1. The first-order chi connectivity index (χ1) is 8.58. The summed E-state index contributed by atoms with van der Waals surface area (Å²) in [4.78, 5) is 18.0. The van der Waals surface area contributed by atoms with Crippen molar-refractivity contribution in [2.75, 3.05) is 24.3 Å². The Labute approximate surface area is 105 Å². The highest BCUT2D eigenvalue weighted by Crippen LogP contribution is 2.13. The Morgan fingerprint density at radius 1 is 1.44 bits per heavy atom. The molecule has 2 aromatic heterocycles. The van der Waals surface area contributed by atoms with E-state index in [0.717, 1.165) is 11.4 Å². The Kier molecular flexibility index (Phi) is 3.27. The second-order valence-electron chi connectivity index (χ2n) is 4.18. The van der Waals surface area contributed by atoms with Crippen LogP contribution in [0.1, 0.15) is 15.9 Å². The van der Waals surface area contributed by atoms with Gasteiger partial charge in [0.25, 0.3) is 5.91 Å². The molecule has 2 rings (SSSR count). The summed E-state index contributed by atoms with van der Waals surface area (Å²) < 4.78 is 0. The first-order valence-electron chi connectivity index (χ1n) is 5.52. The Morgan fingerprint density at radius 2 is 2.22 bits per heavy atom. The molecule has 18 heavy (non-hydrogen) atoms. The standard InChI is InChI=1S/C12H15N5O/c1-8-7-14-16-11(8)15-12(18)9-4-5-13-10(6-9)17(2)3/h4-7H,1-3H3,(H2,14,15,16,18). The summed E-state index contributed by atoms with van der Waals surface area (Å²) in [5.74, 6) is 1.17. The van der Waals surface area contributed by atoms with E-state index in [2.05, 4.69) is 20.5 Å². The van der Waals surface area contributed by atoms with Crippen LogP contribution in [-0.2, 0) is 0 Å². The molecule has 0 aliphatic heterocycles. The van der Waals surface area contributed by atoms with E-state index in [0.29, 0.717) is 11.4 Å². The van der Waals surface area contributed by atoms with Crippen molar-refractivity contribution in [3.05, 3.63) is 35.7 Å². The van der Waals surface area contributed by atoms with Gasteiger partial charge >= 0.3 is 0 Å². The summed E-state index contributed by atoms with van der Waals surface area (Å²) in [6.07, 6.45) is 3.28. The Balaban J connectivity index is 2.19. The average molecular weight is 245 g/mol. The molecule has 0 saturated heterocycles. The van der Waals surface area contributed by atoms with E-state index in [9.17, 15) is 4.79 Å². The van der Waals surface area contributed by atoms with Crippen LogP contribution in [0.5, 0.6) is 0 Å². The lowest BCUT2D eigenvalue weighted by Gasteiger charge is -2.12. The lowest BCUT2D eigenvalue weighted by molar-refractivity contribution is 0.102. The Morgan fingerprint density at radius 3 is 2.83 bits per heavy atom. The minimum absolute atomic E-state index is 0.187. The van der Waals surface area contributed by atoms with Gasteiger partial charge in [-0.2, -0.15) is 5.10 Å². The first kappa shape index (κ1) is 12.1. The predicted molar refractivity (Wildman–Crippen MR) is 69.8 cm³/mol. The highest BCUT2D eigenvalue weighted by molar-refractivity contribution is 6.04. The fraction of sp³-hybridized carbons (Fsp3) is 0.250. The van der Waals surface area contributed by atoms with Crippen molar-refractivity contribution in [3.63, 3.8) is 0 Å². The Hall–Kier alpha value is -2.37. The minimum Gasteiger partial charge on any atom is -0.363 e. The quantitative estimate of drug-likeness (QED) is 0.858. The molecule has 2 heterocycles. The predicted octanol–water partition coefficient (Wildman–Crippen LogP) is 1.43. The molecule has 0 aliphatic carbocycles. The summed E-state index contributed by atoms with van der Waals surface area (Å²) in [5, 5.41) is 9.36. The van der Waals surface area contributed by atoms with Gasteiger partial charge < -0.3 is 10.2 Å². The molecule has 2 N–H and O–H groups in total. The number of nitrogens with one attached hydrogen (secondary N) is 2. The lowest BCUT2D eigenvalue weighted by Crippen LogP contribution is -2.15. The van der Waals surface area contributed by atoms with Gasteiger partial charge in [-0.3, -0.25) is 9.89 Å². The SMILES string of the molecule is Cc1cn[nH]c1NC(=O)c1ccnc(N(C)C)c1. The highest BCUT2D eigenvalue weighted by atomic mass is 16.1. The van der Waals surface area contributed by atoms with Gasteiger partial charge in [0, 0.05) is 31.4 Å². The normalized spacial score (nSPS) is 10.2. The number of anilines is 2. The largest absolute Gasteiger partial charge is 0.363 e. The van der Waals surface area contributed by atoms with Crippen LogP contribution in [0.2, 0.25) is 0 Å². The van der Waals surface area contributed by atoms with Crippen molar-refractivity contribution in [2.45, 2.75) is 6.92 Å². The molecule has 0 unspecified atom stereocenters. The van der Waals surface area contributed by atoms with E-state index in [-0.39, 0.29) is 5.91 Å². The molecule has 1 amide bonds. The number of pyridine rings is 1. The molecule has 0 bridgehead atoms. The second-order valence-corrected chi connectivity index (χ2v) is 4.18. The van der Waals surface area contributed by atoms with Gasteiger partial charge in [0.15, 0.2) is 0 Å². The molecule has 94 valence electrons. The third-order valence-corrected chi connectivity index (χ3v) is 2.53. The number of hydrogen-bond donors (Lipinski definition) is 2. The Bertz CT molecular complexity index is 561. The fourth-order valence-electron chi connectivity index (χ4n) is 1.46. The number of hydrogen-bond acceptors (Lipinski definition) is 4. The zero-order valence-corrected chi connectivity index (χ0v) is 10.6. The third kappa shape index (κ3) is 2.48. The maximum atomic E-state index is 12.0. The number of carbonyl (C=O) groups is 1. The second kappa shape index (κ2) is 4.87. The van der Waals surface area contributed by atoms with Gasteiger partial charge in [-0.1, -0.05) is 0 Å². The average Bonchev–Trinajstić information content (AvgIpc) is 2.75. The van der Waals surface area contributed by atoms with Crippen molar-refractivity contribution in [1.29, 1.82) is 0 Å². The van der Waals surface area contributed by atoms with Crippen molar-refractivity contribution in [2.24, 2.45) is 0 Å². The monoisotopic (exact) mass is 245 g/mol. The number of amides is 1. The third-order valence-electron chi connectivity index (χ3n) is 2.53. The molecule has 0 atom stereocenters. The summed E-state index contributed by atoms with van der Waals surface area (Å²) in [7, 11) is 3.76. The minimum atomic E-state index is -0.187. The molecule has 6 heteroatoms.